The summed E-state index contributed by atoms with van der Waals surface area (Å²) in [6, 6.07) is -0.961. The van der Waals surface area contributed by atoms with E-state index in [9.17, 15) is 9.59 Å². The molecule has 0 aliphatic carbocycles. The van der Waals surface area contributed by atoms with Crippen LogP contribution in [-0.4, -0.2) is 33.2 Å². The Morgan fingerprint density at radius 3 is 2.75 bits per heavy atom. The lowest BCUT2D eigenvalue weighted by atomic mass is 10.1. The topological polar surface area (TPSA) is 131 Å². The Labute approximate surface area is 90.8 Å². The number of nitrogens with two attached hydrogens (primary N) is 1. The number of carbonyl (C=O) groups is 2. The van der Waals surface area contributed by atoms with E-state index in [1.165, 1.54) is 0 Å². The number of hydrogen-bond donors (Lipinski definition) is 3. The van der Waals surface area contributed by atoms with Gasteiger partial charge in [-0.25, -0.2) is 0 Å². The van der Waals surface area contributed by atoms with Gasteiger partial charge in [-0.2, -0.15) is 0 Å². The molecule has 0 saturated heterocycles. The second kappa shape index (κ2) is 5.21. The number of carbonyl (C=O) groups excluding carboxylic acids is 1. The normalized spacial score (nSPS) is 12.1. The van der Waals surface area contributed by atoms with Crippen molar-refractivity contribution in [1.82, 2.24) is 10.2 Å². The van der Waals surface area contributed by atoms with Crippen LogP contribution >= 0.6 is 0 Å². The zero-order valence-corrected chi connectivity index (χ0v) is 8.64. The maximum Gasteiger partial charge on any atom is 0.322 e. The third kappa shape index (κ3) is 3.65. The zero-order chi connectivity index (χ0) is 12.1. The molecule has 0 fully saturated rings. The second-order valence-electron chi connectivity index (χ2n) is 3.15. The first kappa shape index (κ1) is 12.1. The van der Waals surface area contributed by atoms with E-state index in [0.29, 0.717) is 5.89 Å². The molecule has 1 aromatic heterocycles. The van der Waals surface area contributed by atoms with Crippen molar-refractivity contribution in [3.8, 4) is 0 Å². The Bertz CT molecular complexity index is 389. The van der Waals surface area contributed by atoms with Crippen LogP contribution in [0.15, 0.2) is 4.42 Å². The number of aryl methyl sites for hydroxylation is 1. The van der Waals surface area contributed by atoms with Crippen molar-refractivity contribution >= 4 is 17.9 Å². The molecule has 4 N–H and O–H groups in total. The van der Waals surface area contributed by atoms with Gasteiger partial charge in [0, 0.05) is 13.3 Å². The molecule has 1 amide bonds. The van der Waals surface area contributed by atoms with Gasteiger partial charge in [0.15, 0.2) is 0 Å². The monoisotopic (exact) mass is 228 g/mol. The highest BCUT2D eigenvalue weighted by atomic mass is 16.4. The smallest absolute Gasteiger partial charge is 0.322 e. The van der Waals surface area contributed by atoms with Crippen molar-refractivity contribution in [2.45, 2.75) is 25.8 Å². The maximum absolute atomic E-state index is 11.4. The molecule has 1 atom stereocenters. The van der Waals surface area contributed by atoms with Crippen LogP contribution in [0.2, 0.25) is 0 Å². The number of hydrogen-bond acceptors (Lipinski definition) is 6. The van der Waals surface area contributed by atoms with Gasteiger partial charge >= 0.3 is 12.0 Å². The summed E-state index contributed by atoms with van der Waals surface area (Å²) >= 11 is 0. The Morgan fingerprint density at radius 2 is 2.25 bits per heavy atom. The average Bonchev–Trinajstić information content (AvgIpc) is 2.60. The van der Waals surface area contributed by atoms with Crippen LogP contribution in [-0.2, 0) is 9.59 Å². The predicted octanol–water partition coefficient (Wildman–Crippen LogP) is -0.491. The molecule has 1 rings (SSSR count). The van der Waals surface area contributed by atoms with Crippen LogP contribution in [0.5, 0.6) is 0 Å². The first-order valence-electron chi connectivity index (χ1n) is 4.57. The molecule has 88 valence electrons. The Balaban J connectivity index is 2.42. The second-order valence-corrected chi connectivity index (χ2v) is 3.15. The Kier molecular flexibility index (Phi) is 3.95. The molecule has 16 heavy (non-hydrogen) atoms. The molecule has 8 nitrogen and oxygen atoms in total. The number of carboxylic acids is 1. The number of anilines is 1. The minimum absolute atomic E-state index is 0.0479. The lowest BCUT2D eigenvalue weighted by molar-refractivity contribution is -0.137. The van der Waals surface area contributed by atoms with E-state index in [4.69, 9.17) is 15.3 Å². The van der Waals surface area contributed by atoms with Gasteiger partial charge in [-0.3, -0.25) is 14.9 Å². The molecule has 0 aromatic carbocycles. The molecule has 1 aromatic rings. The van der Waals surface area contributed by atoms with E-state index >= 15 is 0 Å². The third-order valence-corrected chi connectivity index (χ3v) is 1.76. The molecule has 0 bridgehead atoms. The Hall–Kier alpha value is -1.96. The van der Waals surface area contributed by atoms with Crippen molar-refractivity contribution in [3.63, 3.8) is 0 Å². The predicted molar refractivity (Wildman–Crippen MR) is 52.5 cm³/mol. The minimum atomic E-state index is -1.00. The van der Waals surface area contributed by atoms with E-state index in [1.807, 2.05) is 0 Å². The van der Waals surface area contributed by atoms with Crippen molar-refractivity contribution in [1.29, 1.82) is 0 Å². The molecule has 0 aliphatic rings. The van der Waals surface area contributed by atoms with Gasteiger partial charge in [0.05, 0.1) is 6.04 Å². The molecule has 8 heteroatoms. The van der Waals surface area contributed by atoms with Crippen molar-refractivity contribution < 1.29 is 19.1 Å². The molecular weight excluding hydrogens is 216 g/mol. The highest BCUT2D eigenvalue weighted by Crippen LogP contribution is 2.05. The fraction of sp³-hybridized carbons (Fsp3) is 0.500. The maximum atomic E-state index is 11.4. The number of rotatable bonds is 5. The van der Waals surface area contributed by atoms with Crippen LogP contribution in [0.25, 0.3) is 0 Å². The van der Waals surface area contributed by atoms with Gasteiger partial charge < -0.3 is 15.3 Å². The van der Waals surface area contributed by atoms with Crippen molar-refractivity contribution in [2.24, 2.45) is 5.73 Å². The number of aliphatic carboxylic acids is 1. The lowest BCUT2D eigenvalue weighted by Gasteiger charge is -2.07. The van der Waals surface area contributed by atoms with Crippen LogP contribution in [0.3, 0.4) is 0 Å². The van der Waals surface area contributed by atoms with E-state index < -0.39 is 17.9 Å². The zero-order valence-electron chi connectivity index (χ0n) is 8.64. The standard InChI is InChI=1S/C8H12N4O4/c1-4-11-12-8(16-4)10-7(15)5(9)2-3-6(13)14/h5H,2-3,9H2,1H3,(H,13,14)(H,10,12,15). The highest BCUT2D eigenvalue weighted by Gasteiger charge is 2.17. The van der Waals surface area contributed by atoms with E-state index in [1.54, 1.807) is 6.92 Å². The molecule has 1 unspecified atom stereocenters. The van der Waals surface area contributed by atoms with E-state index in [0.717, 1.165) is 0 Å². The van der Waals surface area contributed by atoms with E-state index in [2.05, 4.69) is 15.5 Å². The van der Waals surface area contributed by atoms with Gasteiger partial charge in [-0.05, 0) is 6.42 Å². The number of nitrogens with zero attached hydrogens (tertiary/aromatic N) is 2. The number of aromatic nitrogens is 2. The van der Waals surface area contributed by atoms with Crippen LogP contribution in [0, 0.1) is 6.92 Å². The molecule has 0 saturated carbocycles. The van der Waals surface area contributed by atoms with Gasteiger partial charge in [-0.15, -0.1) is 5.10 Å². The third-order valence-electron chi connectivity index (χ3n) is 1.76. The average molecular weight is 228 g/mol. The summed E-state index contributed by atoms with van der Waals surface area (Å²) in [6.07, 6.45) is -0.119. The van der Waals surface area contributed by atoms with E-state index in [-0.39, 0.29) is 18.9 Å². The number of nitrogens with one attached hydrogen (secondary N) is 1. The van der Waals surface area contributed by atoms with Gasteiger partial charge in [0.1, 0.15) is 0 Å². The van der Waals surface area contributed by atoms with Crippen LogP contribution < -0.4 is 11.1 Å². The summed E-state index contributed by atoms with van der Waals surface area (Å²) in [7, 11) is 0. The lowest BCUT2D eigenvalue weighted by Crippen LogP contribution is -2.36. The summed E-state index contributed by atoms with van der Waals surface area (Å²) in [4.78, 5) is 21.6. The largest absolute Gasteiger partial charge is 0.481 e. The Morgan fingerprint density at radius 1 is 1.56 bits per heavy atom. The van der Waals surface area contributed by atoms with Gasteiger partial charge in [0.2, 0.25) is 11.8 Å². The van der Waals surface area contributed by atoms with Crippen molar-refractivity contribution in [3.05, 3.63) is 5.89 Å². The van der Waals surface area contributed by atoms with Gasteiger partial charge in [0.25, 0.3) is 0 Å². The summed E-state index contributed by atoms with van der Waals surface area (Å²) in [5, 5.41) is 17.7. The van der Waals surface area contributed by atoms with Gasteiger partial charge in [-0.1, -0.05) is 5.10 Å². The number of amides is 1. The van der Waals surface area contributed by atoms with Crippen LogP contribution in [0.1, 0.15) is 18.7 Å². The van der Waals surface area contributed by atoms with Crippen molar-refractivity contribution in [2.75, 3.05) is 5.32 Å². The minimum Gasteiger partial charge on any atom is -0.481 e. The molecule has 0 aliphatic heterocycles. The summed E-state index contributed by atoms with van der Waals surface area (Å²) in [5.74, 6) is -1.24. The fourth-order valence-corrected chi connectivity index (χ4v) is 0.955. The summed E-state index contributed by atoms with van der Waals surface area (Å²) < 4.78 is 4.90. The highest BCUT2D eigenvalue weighted by molar-refractivity contribution is 5.93. The molecule has 1 heterocycles. The molecular formula is C8H12N4O4. The quantitative estimate of drug-likeness (QED) is 0.619. The molecule has 0 radical (unpaired) electrons. The summed E-state index contributed by atoms with van der Waals surface area (Å²) in [6.45, 7) is 1.58. The number of carboxylic acid groups (broad SMARTS) is 1. The first-order valence-corrected chi connectivity index (χ1v) is 4.57. The van der Waals surface area contributed by atoms with Crippen LogP contribution in [0.4, 0.5) is 6.01 Å². The molecule has 0 spiro atoms. The summed E-state index contributed by atoms with van der Waals surface area (Å²) in [5.41, 5.74) is 5.45. The first-order chi connectivity index (χ1) is 7.49. The SMILES string of the molecule is Cc1nnc(NC(=O)C(N)CCC(=O)O)o1. The fourth-order valence-electron chi connectivity index (χ4n) is 0.955.